The summed E-state index contributed by atoms with van der Waals surface area (Å²) in [6.45, 7) is 10.7. The number of hydrogen-bond donors (Lipinski definition) is 1. The molecule has 1 aromatic carbocycles. The highest BCUT2D eigenvalue weighted by atomic mass is 32.2. The lowest BCUT2D eigenvalue weighted by Crippen LogP contribution is -2.47. The van der Waals surface area contributed by atoms with Crippen LogP contribution in [0, 0.1) is 28.6 Å². The van der Waals surface area contributed by atoms with Gasteiger partial charge in [-0.05, 0) is 138 Å². The minimum Gasteiger partial charge on any atom is -0.460 e. The number of fused-ring (bicyclic) bond motifs is 5. The SMILES string of the molecule is CC(C)(C)OC(=O)CC(C)(C)C(=O)Oc1ccc2c(c1)C[C@@H](CCCS(=O)CCCC(F)(F)C(F)(F)F)[C@@H]1[C@@H]2CC[C@]2(C)[C@@H](O)CC[C@@H]12. The van der Waals surface area contributed by atoms with Crippen molar-refractivity contribution in [1.29, 1.82) is 0 Å². The van der Waals surface area contributed by atoms with Crippen LogP contribution >= 0.6 is 0 Å². The van der Waals surface area contributed by atoms with Crippen LogP contribution in [0.3, 0.4) is 0 Å². The fourth-order valence-electron chi connectivity index (χ4n) is 8.35. The van der Waals surface area contributed by atoms with Crippen molar-refractivity contribution >= 4 is 22.7 Å². The molecule has 1 unspecified atom stereocenters. The van der Waals surface area contributed by atoms with Gasteiger partial charge in [0.1, 0.15) is 11.4 Å². The average molecular weight is 707 g/mol. The maximum atomic E-state index is 13.3. The van der Waals surface area contributed by atoms with Crippen LogP contribution in [0.25, 0.3) is 0 Å². The number of carbonyl (C=O) groups is 2. The highest BCUT2D eigenvalue weighted by molar-refractivity contribution is 7.84. The third-order valence-corrected chi connectivity index (χ3v) is 12.3. The van der Waals surface area contributed by atoms with E-state index < -0.39 is 58.7 Å². The first-order chi connectivity index (χ1) is 22.0. The highest BCUT2D eigenvalue weighted by Gasteiger charge is 2.57. The van der Waals surface area contributed by atoms with Crippen LogP contribution in [0.4, 0.5) is 22.0 Å². The number of hydrogen-bond acceptors (Lipinski definition) is 6. The number of aliphatic hydroxyl groups is 1. The van der Waals surface area contributed by atoms with E-state index in [1.54, 1.807) is 40.7 Å². The number of carbonyl (C=O) groups excluding carboxylic acids is 2. The summed E-state index contributed by atoms with van der Waals surface area (Å²) in [4.78, 5) is 25.6. The standard InChI is InChI=1S/C36H51F5O6S/c1-32(2,3)47-29(43)21-33(4,5)31(44)46-24-10-11-25-23(20-24)19-22(30-26(25)14-16-34(6)27(30)12-13-28(34)42)9-7-17-48(45)18-8-15-35(37,38)36(39,40)41/h10-11,20,22,26-28,30,42H,7-9,12-19,21H2,1-6H3/t22-,26-,27+,28+,30-,34+,48?/m1/s1. The van der Waals surface area contributed by atoms with Crippen LogP contribution in [0.15, 0.2) is 18.2 Å². The molecule has 0 amide bonds. The lowest BCUT2D eigenvalue weighted by Gasteiger charge is -2.53. The van der Waals surface area contributed by atoms with Gasteiger partial charge in [-0.25, -0.2) is 0 Å². The van der Waals surface area contributed by atoms with Crippen LogP contribution in [0.5, 0.6) is 5.75 Å². The molecule has 48 heavy (non-hydrogen) atoms. The predicted octanol–water partition coefficient (Wildman–Crippen LogP) is 8.30. The molecule has 3 aliphatic rings. The Hall–Kier alpha value is -2.08. The number of alkyl halides is 5. The maximum Gasteiger partial charge on any atom is 0.453 e. The zero-order chi connectivity index (χ0) is 35.9. The zero-order valence-corrected chi connectivity index (χ0v) is 29.7. The molecule has 0 radical (unpaired) electrons. The first-order valence-corrected chi connectivity index (χ1v) is 18.6. The first kappa shape index (κ1) is 38.7. The van der Waals surface area contributed by atoms with Gasteiger partial charge >= 0.3 is 24.0 Å². The highest BCUT2D eigenvalue weighted by Crippen LogP contribution is 2.62. The van der Waals surface area contributed by atoms with E-state index in [-0.39, 0.29) is 47.2 Å². The molecule has 0 heterocycles. The van der Waals surface area contributed by atoms with E-state index in [2.05, 4.69) is 6.92 Å². The van der Waals surface area contributed by atoms with E-state index in [0.717, 1.165) is 31.2 Å². The molecule has 6 nitrogen and oxygen atoms in total. The number of rotatable bonds is 12. The summed E-state index contributed by atoms with van der Waals surface area (Å²) >= 11 is 0. The third kappa shape index (κ3) is 8.79. The van der Waals surface area contributed by atoms with Crippen LogP contribution in [0.1, 0.15) is 116 Å². The smallest absolute Gasteiger partial charge is 0.453 e. The van der Waals surface area contributed by atoms with E-state index >= 15 is 0 Å². The summed E-state index contributed by atoms with van der Waals surface area (Å²) < 4.78 is 87.9. The second-order valence-corrected chi connectivity index (χ2v) is 17.8. The van der Waals surface area contributed by atoms with Crippen molar-refractivity contribution in [2.24, 2.45) is 28.6 Å². The molecule has 1 aromatic rings. The van der Waals surface area contributed by atoms with E-state index in [4.69, 9.17) is 9.47 Å². The number of halogens is 5. The zero-order valence-electron chi connectivity index (χ0n) is 28.9. The molecule has 3 aliphatic carbocycles. The van der Waals surface area contributed by atoms with Gasteiger partial charge in [0, 0.05) is 28.7 Å². The molecule has 1 N–H and O–H groups in total. The molecule has 7 atom stereocenters. The molecule has 12 heteroatoms. The van der Waals surface area contributed by atoms with Crippen LogP contribution in [-0.4, -0.2) is 56.6 Å². The summed E-state index contributed by atoms with van der Waals surface area (Å²) in [5, 5.41) is 10.9. The summed E-state index contributed by atoms with van der Waals surface area (Å²) in [5.41, 5.74) is 0.247. The quantitative estimate of drug-likeness (QED) is 0.134. The maximum absolute atomic E-state index is 13.3. The predicted molar refractivity (Wildman–Crippen MR) is 173 cm³/mol. The van der Waals surface area contributed by atoms with E-state index in [1.807, 2.05) is 12.1 Å². The molecule has 0 spiro atoms. The van der Waals surface area contributed by atoms with Gasteiger partial charge in [-0.15, -0.1) is 0 Å². The summed E-state index contributed by atoms with van der Waals surface area (Å²) in [7, 11) is -1.52. The average Bonchev–Trinajstić information content (AvgIpc) is 3.24. The van der Waals surface area contributed by atoms with E-state index in [9.17, 15) is 40.9 Å². The van der Waals surface area contributed by atoms with Crippen LogP contribution < -0.4 is 4.74 Å². The van der Waals surface area contributed by atoms with Gasteiger partial charge in [0.25, 0.3) is 0 Å². The molecule has 272 valence electrons. The van der Waals surface area contributed by atoms with E-state index in [0.29, 0.717) is 30.9 Å². The molecular weight excluding hydrogens is 655 g/mol. The second kappa shape index (κ2) is 14.3. The fraction of sp³-hybridized carbons (Fsp3) is 0.778. The van der Waals surface area contributed by atoms with Gasteiger partial charge in [0.05, 0.1) is 17.9 Å². The van der Waals surface area contributed by atoms with Crippen molar-refractivity contribution in [3.63, 3.8) is 0 Å². The van der Waals surface area contributed by atoms with Crippen molar-refractivity contribution in [3.05, 3.63) is 29.3 Å². The normalized spacial score (nSPS) is 28.2. The summed E-state index contributed by atoms with van der Waals surface area (Å²) in [6, 6.07) is 5.70. The Morgan fingerprint density at radius 1 is 1.00 bits per heavy atom. The molecule has 2 saturated carbocycles. The van der Waals surface area contributed by atoms with Crippen molar-refractivity contribution < 1.29 is 50.3 Å². The third-order valence-electron chi connectivity index (χ3n) is 10.8. The van der Waals surface area contributed by atoms with Crippen LogP contribution in [0.2, 0.25) is 0 Å². The van der Waals surface area contributed by atoms with Crippen molar-refractivity contribution in [2.75, 3.05) is 11.5 Å². The lowest BCUT2D eigenvalue weighted by molar-refractivity contribution is -0.284. The van der Waals surface area contributed by atoms with Gasteiger partial charge in [-0.2, -0.15) is 22.0 Å². The molecule has 4 rings (SSSR count). The monoisotopic (exact) mass is 706 g/mol. The van der Waals surface area contributed by atoms with Crippen LogP contribution in [-0.2, 0) is 31.5 Å². The Labute approximate surface area is 283 Å². The number of esters is 2. The topological polar surface area (TPSA) is 89.9 Å². The Bertz CT molecular complexity index is 1360. The van der Waals surface area contributed by atoms with Crippen molar-refractivity contribution in [3.8, 4) is 5.75 Å². The molecule has 2 fully saturated rings. The van der Waals surface area contributed by atoms with Gasteiger partial charge in [-0.1, -0.05) is 13.0 Å². The molecule has 0 aromatic heterocycles. The molecular formula is C36H51F5O6S. The minimum absolute atomic E-state index is 0.141. The van der Waals surface area contributed by atoms with Gasteiger partial charge < -0.3 is 14.6 Å². The van der Waals surface area contributed by atoms with Gasteiger partial charge in [0.2, 0.25) is 0 Å². The summed E-state index contributed by atoms with van der Waals surface area (Å²) in [5.74, 6) is -4.50. The second-order valence-electron chi connectivity index (χ2n) is 16.1. The molecule has 0 aliphatic heterocycles. The first-order valence-electron chi connectivity index (χ1n) is 17.1. The Morgan fingerprint density at radius 3 is 2.31 bits per heavy atom. The van der Waals surface area contributed by atoms with Gasteiger partial charge in [0.15, 0.2) is 0 Å². The number of aliphatic hydroxyl groups excluding tert-OH is 1. The lowest BCUT2D eigenvalue weighted by atomic mass is 9.52. The molecule has 0 bridgehead atoms. The van der Waals surface area contributed by atoms with Crippen molar-refractivity contribution in [1.82, 2.24) is 0 Å². The Morgan fingerprint density at radius 2 is 1.67 bits per heavy atom. The number of ether oxygens (including phenoxy) is 2. The summed E-state index contributed by atoms with van der Waals surface area (Å²) in [6.07, 6.45) is -2.66. The minimum atomic E-state index is -5.61. The van der Waals surface area contributed by atoms with Crippen molar-refractivity contribution in [2.45, 2.75) is 135 Å². The Balaban J connectivity index is 1.46. The fourth-order valence-corrected chi connectivity index (χ4v) is 9.50. The van der Waals surface area contributed by atoms with E-state index in [1.165, 1.54) is 5.56 Å². The van der Waals surface area contributed by atoms with Gasteiger partial charge in [-0.3, -0.25) is 13.8 Å². The number of benzene rings is 1. The largest absolute Gasteiger partial charge is 0.460 e. The Kier molecular flexibility index (Phi) is 11.5. The molecule has 0 saturated heterocycles.